The van der Waals surface area contributed by atoms with E-state index in [9.17, 15) is 23.9 Å². The summed E-state index contributed by atoms with van der Waals surface area (Å²) in [5, 5.41) is 0.938. The first-order valence-corrected chi connectivity index (χ1v) is 10.9. The van der Waals surface area contributed by atoms with Gasteiger partial charge in [-0.2, -0.15) is 0 Å². The van der Waals surface area contributed by atoms with Gasteiger partial charge in [0.25, 0.3) is 5.56 Å². The molecule has 3 aromatic rings. The van der Waals surface area contributed by atoms with Gasteiger partial charge in [-0.25, -0.2) is 14.3 Å². The summed E-state index contributed by atoms with van der Waals surface area (Å²) in [6, 6.07) is 11.1. The normalized spacial score (nSPS) is 19.9. The molecule has 9 nitrogen and oxygen atoms in total. The molecule has 10 heteroatoms. The number of pyridine rings is 2. The molecule has 154 valence electrons. The van der Waals surface area contributed by atoms with E-state index in [0.29, 0.717) is 17.9 Å². The summed E-state index contributed by atoms with van der Waals surface area (Å²) in [5.74, 6) is -0.935. The van der Waals surface area contributed by atoms with Gasteiger partial charge in [0.1, 0.15) is 6.61 Å². The second-order valence-corrected chi connectivity index (χ2v) is 8.50. The van der Waals surface area contributed by atoms with Crippen LogP contribution in [0.2, 0.25) is 0 Å². The predicted octanol–water partition coefficient (Wildman–Crippen LogP) is 2.20. The van der Waals surface area contributed by atoms with Gasteiger partial charge in [0.15, 0.2) is 0 Å². The zero-order valence-electron chi connectivity index (χ0n) is 15.9. The van der Waals surface area contributed by atoms with Crippen LogP contribution in [-0.2, 0) is 37.4 Å². The van der Waals surface area contributed by atoms with E-state index in [0.717, 1.165) is 16.5 Å². The molecule has 0 saturated carbocycles. The zero-order valence-corrected chi connectivity index (χ0v) is 16.8. The van der Waals surface area contributed by atoms with Crippen LogP contribution in [0.15, 0.2) is 41.2 Å². The summed E-state index contributed by atoms with van der Waals surface area (Å²) in [6.07, 6.45) is -0.120. The minimum atomic E-state index is -5.07. The third-order valence-electron chi connectivity index (χ3n) is 5.66. The topological polar surface area (TPSA) is 128 Å². The summed E-state index contributed by atoms with van der Waals surface area (Å²) in [7, 11) is -5.07. The fourth-order valence-corrected chi connectivity index (χ4v) is 4.98. The number of hydrogen-bond acceptors (Lipinski definition) is 6. The summed E-state index contributed by atoms with van der Waals surface area (Å²) >= 11 is 0. The molecule has 1 aromatic carbocycles. The summed E-state index contributed by atoms with van der Waals surface area (Å²) in [6.45, 7) is 1.56. The number of phosphoric ester groups is 1. The quantitative estimate of drug-likeness (QED) is 0.376. The van der Waals surface area contributed by atoms with Gasteiger partial charge in [-0.15, -0.1) is 0 Å². The van der Waals surface area contributed by atoms with Crippen LogP contribution in [-0.4, -0.2) is 25.3 Å². The molecule has 0 radical (unpaired) electrons. The molecule has 0 amide bonds. The highest BCUT2D eigenvalue weighted by Crippen LogP contribution is 2.50. The van der Waals surface area contributed by atoms with Gasteiger partial charge < -0.3 is 19.1 Å². The van der Waals surface area contributed by atoms with Gasteiger partial charge >= 0.3 is 13.8 Å². The zero-order chi connectivity index (χ0) is 21.3. The molecular weight excluding hydrogens is 411 g/mol. The number of aromatic nitrogens is 2. The van der Waals surface area contributed by atoms with Crippen LogP contribution in [0.4, 0.5) is 0 Å². The average molecular weight is 428 g/mol. The first kappa shape index (κ1) is 19.1. The fraction of sp³-hybridized carbons (Fsp3) is 0.250. The number of carbonyl (C=O) groups excluding carboxylic acids is 1. The van der Waals surface area contributed by atoms with E-state index in [1.54, 1.807) is 6.07 Å². The second kappa shape index (κ2) is 6.33. The Balaban J connectivity index is 1.79. The number of cyclic esters (lactones) is 1. The van der Waals surface area contributed by atoms with E-state index in [4.69, 9.17) is 9.26 Å². The van der Waals surface area contributed by atoms with E-state index >= 15 is 0 Å². The van der Waals surface area contributed by atoms with E-state index in [1.807, 2.05) is 30.3 Å². The van der Waals surface area contributed by atoms with Crippen molar-refractivity contribution in [3.05, 3.63) is 63.4 Å². The molecule has 0 saturated heterocycles. The van der Waals surface area contributed by atoms with Gasteiger partial charge in [-0.1, -0.05) is 25.1 Å². The predicted molar refractivity (Wildman–Crippen MR) is 105 cm³/mol. The van der Waals surface area contributed by atoms with Crippen molar-refractivity contribution in [2.24, 2.45) is 0 Å². The van der Waals surface area contributed by atoms with Gasteiger partial charge in [0.2, 0.25) is 5.60 Å². The molecule has 0 aliphatic carbocycles. The van der Waals surface area contributed by atoms with Crippen LogP contribution in [0.25, 0.3) is 22.3 Å². The summed E-state index contributed by atoms with van der Waals surface area (Å²) in [5.41, 5.74) is 0.454. The Bertz CT molecular complexity index is 1340. The fourth-order valence-electron chi connectivity index (χ4n) is 4.27. The number of fused-ring (bicyclic) bond motifs is 5. The number of para-hydroxylation sites is 1. The van der Waals surface area contributed by atoms with E-state index in [-0.39, 0.29) is 24.2 Å². The van der Waals surface area contributed by atoms with Crippen molar-refractivity contribution in [1.29, 1.82) is 0 Å². The molecule has 0 bridgehead atoms. The lowest BCUT2D eigenvalue weighted by Crippen LogP contribution is -2.45. The Hall–Kier alpha value is -2.84. The molecule has 2 aliphatic heterocycles. The highest BCUT2D eigenvalue weighted by molar-refractivity contribution is 7.46. The van der Waals surface area contributed by atoms with Crippen LogP contribution in [0.5, 0.6) is 0 Å². The smallest absolute Gasteiger partial charge is 0.458 e. The number of phosphoric acid groups is 1. The Morgan fingerprint density at radius 2 is 2.03 bits per heavy atom. The maximum Gasteiger partial charge on any atom is 0.471 e. The molecule has 5 rings (SSSR count). The SMILES string of the molecule is CC[C@@]1(OP(=O)(O)O)C(=O)OCc2c1cc1n(c2=O)Cc2cc3ccccc3nc2-1. The molecule has 2 aliphatic rings. The van der Waals surface area contributed by atoms with Crippen molar-refractivity contribution in [1.82, 2.24) is 9.55 Å². The van der Waals surface area contributed by atoms with Crippen molar-refractivity contribution >= 4 is 24.7 Å². The molecule has 0 spiro atoms. The van der Waals surface area contributed by atoms with Crippen LogP contribution in [0.1, 0.15) is 30.0 Å². The highest BCUT2D eigenvalue weighted by Gasteiger charge is 2.51. The second-order valence-electron chi connectivity index (χ2n) is 7.34. The lowest BCUT2D eigenvalue weighted by atomic mass is 9.86. The number of hydrogen-bond donors (Lipinski definition) is 2. The molecule has 0 unspecified atom stereocenters. The standard InChI is InChI=1S/C20H17N2O7P/c1-2-20(29-30(25,26)27)14-8-16-17-12(7-11-5-3-4-6-15(11)21-17)9-22(16)18(23)13(14)10-28-19(20)24/h3-8H,2,9-10H2,1H3,(H2,25,26,27)/t20-/m0/s1. The van der Waals surface area contributed by atoms with Crippen LogP contribution < -0.4 is 5.56 Å². The van der Waals surface area contributed by atoms with Crippen molar-refractivity contribution in [3.63, 3.8) is 0 Å². The van der Waals surface area contributed by atoms with Crippen molar-refractivity contribution in [2.75, 3.05) is 0 Å². The molecule has 2 aromatic heterocycles. The first-order chi connectivity index (χ1) is 14.2. The Kier molecular flexibility index (Phi) is 4.04. The van der Waals surface area contributed by atoms with E-state index in [1.165, 1.54) is 11.5 Å². The first-order valence-electron chi connectivity index (χ1n) is 9.33. The van der Waals surface area contributed by atoms with Crippen molar-refractivity contribution in [3.8, 4) is 11.4 Å². The van der Waals surface area contributed by atoms with Gasteiger partial charge in [-0.3, -0.25) is 9.32 Å². The third-order valence-corrected chi connectivity index (χ3v) is 6.21. The Morgan fingerprint density at radius 3 is 2.77 bits per heavy atom. The highest BCUT2D eigenvalue weighted by atomic mass is 31.2. The number of carbonyl (C=O) groups is 1. The van der Waals surface area contributed by atoms with Crippen LogP contribution in [0, 0.1) is 0 Å². The number of esters is 1. The summed E-state index contributed by atoms with van der Waals surface area (Å²) < 4.78 is 23.2. The maximum absolute atomic E-state index is 13.2. The van der Waals surface area contributed by atoms with Crippen LogP contribution >= 0.6 is 7.82 Å². The minimum absolute atomic E-state index is 0.114. The van der Waals surface area contributed by atoms with Gasteiger partial charge in [0, 0.05) is 16.5 Å². The average Bonchev–Trinajstić information content (AvgIpc) is 3.06. The van der Waals surface area contributed by atoms with E-state index < -0.39 is 25.0 Å². The van der Waals surface area contributed by atoms with Gasteiger partial charge in [-0.05, 0) is 24.6 Å². The largest absolute Gasteiger partial charge is 0.471 e. The van der Waals surface area contributed by atoms with Crippen LogP contribution in [0.3, 0.4) is 0 Å². The maximum atomic E-state index is 13.2. The number of rotatable bonds is 3. The van der Waals surface area contributed by atoms with Gasteiger partial charge in [0.05, 0.1) is 29.0 Å². The van der Waals surface area contributed by atoms with E-state index in [2.05, 4.69) is 4.98 Å². The summed E-state index contributed by atoms with van der Waals surface area (Å²) in [4.78, 5) is 49.4. The number of ether oxygens (including phenoxy) is 1. The van der Waals surface area contributed by atoms with Crippen molar-refractivity contribution < 1.29 is 28.4 Å². The lowest BCUT2D eigenvalue weighted by molar-refractivity contribution is -0.170. The lowest BCUT2D eigenvalue weighted by Gasteiger charge is -2.35. The number of benzene rings is 1. The molecule has 4 heterocycles. The number of nitrogens with zero attached hydrogens (tertiary/aromatic N) is 2. The molecule has 30 heavy (non-hydrogen) atoms. The Labute approximate surface area is 170 Å². The monoisotopic (exact) mass is 428 g/mol. The third kappa shape index (κ3) is 2.67. The molecule has 1 atom stereocenters. The molecular formula is C20H17N2O7P. The molecule has 2 N–H and O–H groups in total. The Morgan fingerprint density at radius 1 is 1.27 bits per heavy atom. The van der Waals surface area contributed by atoms with Crippen molar-refractivity contribution in [2.45, 2.75) is 32.1 Å². The molecule has 0 fully saturated rings. The minimum Gasteiger partial charge on any atom is -0.458 e.